The summed E-state index contributed by atoms with van der Waals surface area (Å²) in [6, 6.07) is 11.6. The van der Waals surface area contributed by atoms with E-state index >= 15 is 0 Å². The smallest absolute Gasteiger partial charge is 0.307 e. The van der Waals surface area contributed by atoms with Crippen molar-refractivity contribution in [3.63, 3.8) is 0 Å². The summed E-state index contributed by atoms with van der Waals surface area (Å²) in [7, 11) is 1.48. The van der Waals surface area contributed by atoms with Gasteiger partial charge in [-0.25, -0.2) is 4.90 Å². The molecule has 3 amide bonds. The minimum atomic E-state index is -0.983. The molecule has 0 spiro atoms. The van der Waals surface area contributed by atoms with Crippen LogP contribution in [-0.4, -0.2) is 41.2 Å². The van der Waals surface area contributed by atoms with E-state index in [0.29, 0.717) is 35.0 Å². The van der Waals surface area contributed by atoms with E-state index in [0.717, 1.165) is 9.80 Å². The highest BCUT2D eigenvalue weighted by molar-refractivity contribution is 8.00. The van der Waals surface area contributed by atoms with E-state index in [2.05, 4.69) is 5.32 Å². The maximum atomic E-state index is 13.0. The lowest BCUT2D eigenvalue weighted by Crippen LogP contribution is -2.34. The number of methoxy groups -OCH3 is 1. The number of imide groups is 1. The van der Waals surface area contributed by atoms with Gasteiger partial charge in [0, 0.05) is 17.0 Å². The van der Waals surface area contributed by atoms with Crippen LogP contribution in [0.3, 0.4) is 0 Å². The summed E-state index contributed by atoms with van der Waals surface area (Å²) in [5.74, 6) is -2.90. The summed E-state index contributed by atoms with van der Waals surface area (Å²) >= 11 is 7.42. The second kappa shape index (κ2) is 10.5. The lowest BCUT2D eigenvalue weighted by Gasteiger charge is -2.24. The molecule has 2 aromatic rings. The number of hydrogen-bond acceptors (Lipinski definition) is 6. The van der Waals surface area contributed by atoms with E-state index in [1.807, 2.05) is 6.08 Å². The largest absolute Gasteiger partial charge is 0.495 e. The van der Waals surface area contributed by atoms with Crippen molar-refractivity contribution in [2.24, 2.45) is 11.8 Å². The van der Waals surface area contributed by atoms with Crippen LogP contribution < -0.4 is 15.0 Å². The van der Waals surface area contributed by atoms with Crippen LogP contribution in [0.25, 0.3) is 0 Å². The van der Waals surface area contributed by atoms with Crippen LogP contribution in [0.5, 0.6) is 5.75 Å². The summed E-state index contributed by atoms with van der Waals surface area (Å²) in [5.41, 5.74) is 0.922. The van der Waals surface area contributed by atoms with Crippen molar-refractivity contribution in [2.45, 2.75) is 29.4 Å². The molecule has 1 saturated heterocycles. The SMILES string of the molecule is COc1ccc(N2C(=O)C[C@H](Sc3ccc(NC(=O)[C@@H]4CC=CC[C@H]4C(=O)O)cc3)C2=O)cc1Cl. The molecule has 2 aromatic carbocycles. The fraction of sp³-hybridized carbons (Fsp3) is 0.280. The number of nitrogens with one attached hydrogen (secondary N) is 1. The summed E-state index contributed by atoms with van der Waals surface area (Å²) < 4.78 is 5.12. The van der Waals surface area contributed by atoms with Crippen LogP contribution in [0.1, 0.15) is 19.3 Å². The lowest BCUT2D eigenvalue weighted by atomic mass is 9.82. The highest BCUT2D eigenvalue weighted by Crippen LogP contribution is 2.37. The van der Waals surface area contributed by atoms with Gasteiger partial charge in [0.05, 0.1) is 34.9 Å². The number of benzene rings is 2. The molecule has 35 heavy (non-hydrogen) atoms. The molecule has 3 atom stereocenters. The van der Waals surface area contributed by atoms with Gasteiger partial charge in [-0.1, -0.05) is 23.8 Å². The molecular weight excluding hydrogens is 492 g/mol. The molecule has 0 aromatic heterocycles. The van der Waals surface area contributed by atoms with Crippen LogP contribution in [0, 0.1) is 11.8 Å². The van der Waals surface area contributed by atoms with Gasteiger partial charge in [-0.2, -0.15) is 0 Å². The Balaban J connectivity index is 1.40. The van der Waals surface area contributed by atoms with Crippen molar-refractivity contribution in [2.75, 3.05) is 17.3 Å². The Morgan fingerprint density at radius 2 is 1.77 bits per heavy atom. The Kier molecular flexibility index (Phi) is 7.47. The molecule has 2 aliphatic rings. The maximum Gasteiger partial charge on any atom is 0.307 e. The van der Waals surface area contributed by atoms with Crippen molar-refractivity contribution >= 4 is 58.4 Å². The van der Waals surface area contributed by atoms with Gasteiger partial charge in [0.2, 0.25) is 17.7 Å². The molecule has 10 heteroatoms. The number of carboxylic acids is 1. The molecule has 8 nitrogen and oxygen atoms in total. The molecule has 1 aliphatic carbocycles. The second-order valence-corrected chi connectivity index (χ2v) is 9.89. The van der Waals surface area contributed by atoms with Crippen molar-refractivity contribution in [1.82, 2.24) is 0 Å². The number of hydrogen-bond donors (Lipinski definition) is 2. The molecule has 0 bridgehead atoms. The van der Waals surface area contributed by atoms with Gasteiger partial charge in [-0.3, -0.25) is 19.2 Å². The van der Waals surface area contributed by atoms with Crippen LogP contribution in [0.15, 0.2) is 59.5 Å². The average molecular weight is 515 g/mol. The Morgan fingerprint density at radius 1 is 1.09 bits per heavy atom. The van der Waals surface area contributed by atoms with Crippen molar-refractivity contribution in [3.05, 3.63) is 59.6 Å². The number of halogens is 1. The number of amides is 3. The molecular formula is C25H23ClN2O6S. The van der Waals surface area contributed by atoms with Gasteiger partial charge in [-0.05, 0) is 55.3 Å². The van der Waals surface area contributed by atoms with Gasteiger partial charge >= 0.3 is 5.97 Å². The minimum absolute atomic E-state index is 0.0530. The Labute approximate surface area is 211 Å². The van der Waals surface area contributed by atoms with E-state index in [1.165, 1.54) is 24.9 Å². The zero-order chi connectivity index (χ0) is 25.1. The molecule has 182 valence electrons. The standard InChI is InChI=1S/C25H23ClN2O6S/c1-34-20-11-8-15(12-19(20)26)28-22(29)13-21(24(28)31)35-16-9-6-14(7-10-16)27-23(30)17-4-2-3-5-18(17)25(32)33/h2-3,6-12,17-18,21H,4-5,13H2,1H3,(H,27,30)(H,32,33)/t17-,18-,21+/m1/s1. The first-order chi connectivity index (χ1) is 16.8. The molecule has 1 heterocycles. The monoisotopic (exact) mass is 514 g/mol. The number of ether oxygens (including phenoxy) is 1. The van der Waals surface area contributed by atoms with Crippen LogP contribution in [0.2, 0.25) is 5.02 Å². The van der Waals surface area contributed by atoms with E-state index in [4.69, 9.17) is 16.3 Å². The third-order valence-corrected chi connectivity index (χ3v) is 7.48. The number of thioether (sulfide) groups is 1. The summed E-state index contributed by atoms with van der Waals surface area (Å²) in [4.78, 5) is 51.5. The molecule has 0 saturated carbocycles. The number of nitrogens with zero attached hydrogens (tertiary/aromatic N) is 1. The molecule has 4 rings (SSSR count). The quantitative estimate of drug-likeness (QED) is 0.416. The zero-order valence-electron chi connectivity index (χ0n) is 18.8. The Hall–Kier alpha value is -3.30. The number of aliphatic carboxylic acids is 1. The predicted octanol–water partition coefficient (Wildman–Crippen LogP) is 4.38. The molecule has 2 N–H and O–H groups in total. The lowest BCUT2D eigenvalue weighted by molar-refractivity contribution is -0.146. The van der Waals surface area contributed by atoms with Gasteiger partial charge in [0.25, 0.3) is 0 Å². The second-order valence-electron chi connectivity index (χ2n) is 8.20. The fourth-order valence-corrected chi connectivity index (χ4v) is 5.46. The van der Waals surface area contributed by atoms with Crippen molar-refractivity contribution < 1.29 is 29.0 Å². The first-order valence-electron chi connectivity index (χ1n) is 10.9. The van der Waals surface area contributed by atoms with Gasteiger partial charge in [0.1, 0.15) is 5.75 Å². The highest BCUT2D eigenvalue weighted by Gasteiger charge is 2.40. The first kappa shape index (κ1) is 24.8. The number of carbonyl (C=O) groups is 4. The van der Waals surface area contributed by atoms with Crippen LogP contribution >= 0.6 is 23.4 Å². The summed E-state index contributed by atoms with van der Waals surface area (Å²) in [5, 5.41) is 11.9. The summed E-state index contributed by atoms with van der Waals surface area (Å²) in [6.07, 6.45) is 4.37. The van der Waals surface area contributed by atoms with Gasteiger partial charge in [0.15, 0.2) is 0 Å². The average Bonchev–Trinajstić information content (AvgIpc) is 3.12. The van der Waals surface area contributed by atoms with E-state index < -0.39 is 23.1 Å². The van der Waals surface area contributed by atoms with Crippen molar-refractivity contribution in [3.8, 4) is 5.75 Å². The summed E-state index contributed by atoms with van der Waals surface area (Å²) in [6.45, 7) is 0. The minimum Gasteiger partial charge on any atom is -0.495 e. The maximum absolute atomic E-state index is 13.0. The van der Waals surface area contributed by atoms with E-state index in [1.54, 1.807) is 42.5 Å². The first-order valence-corrected chi connectivity index (χ1v) is 12.2. The number of carboxylic acid groups (broad SMARTS) is 1. The van der Waals surface area contributed by atoms with E-state index in [9.17, 15) is 24.3 Å². The topological polar surface area (TPSA) is 113 Å². The number of anilines is 2. The van der Waals surface area contributed by atoms with Crippen LogP contribution in [0.4, 0.5) is 11.4 Å². The van der Waals surface area contributed by atoms with Crippen LogP contribution in [-0.2, 0) is 19.2 Å². The fourth-order valence-electron chi connectivity index (χ4n) is 4.15. The number of rotatable bonds is 7. The normalized spacial score (nSPS) is 21.8. The van der Waals surface area contributed by atoms with Gasteiger partial charge in [-0.15, -0.1) is 11.8 Å². The Bertz CT molecular complexity index is 1200. The van der Waals surface area contributed by atoms with Gasteiger partial charge < -0.3 is 15.2 Å². The van der Waals surface area contributed by atoms with Crippen molar-refractivity contribution in [1.29, 1.82) is 0 Å². The molecule has 0 radical (unpaired) electrons. The zero-order valence-corrected chi connectivity index (χ0v) is 20.3. The highest BCUT2D eigenvalue weighted by atomic mass is 35.5. The molecule has 1 aliphatic heterocycles. The third kappa shape index (κ3) is 5.36. The number of carbonyl (C=O) groups excluding carboxylic acids is 3. The molecule has 0 unspecified atom stereocenters. The Morgan fingerprint density at radius 3 is 2.40 bits per heavy atom. The predicted molar refractivity (Wildman–Crippen MR) is 133 cm³/mol. The van der Waals surface area contributed by atoms with E-state index in [-0.39, 0.29) is 24.1 Å². The number of allylic oxidation sites excluding steroid dienone is 2. The third-order valence-electron chi connectivity index (χ3n) is 5.99. The molecule has 1 fully saturated rings.